The van der Waals surface area contributed by atoms with Crippen LogP contribution >= 0.6 is 0 Å². The van der Waals surface area contributed by atoms with Crippen LogP contribution in [0, 0.1) is 0 Å². The standard InChI is InChI=1S/C25H28N2O4/c1-3-27(4-2)25(29)17-9-11-18(12-10-17)26-24(28)16-30-19-13-14-23-21(15-19)20-7-5-6-8-22(20)31-23/h9-15H,3-8,16H2,1-2H3,(H,26,28). The Labute approximate surface area is 182 Å². The second-order valence-corrected chi connectivity index (χ2v) is 7.76. The van der Waals surface area contributed by atoms with Crippen molar-refractivity contribution in [2.45, 2.75) is 39.5 Å². The summed E-state index contributed by atoms with van der Waals surface area (Å²) in [4.78, 5) is 26.5. The summed E-state index contributed by atoms with van der Waals surface area (Å²) in [5.41, 5.74) is 3.39. The zero-order chi connectivity index (χ0) is 21.8. The summed E-state index contributed by atoms with van der Waals surface area (Å²) in [7, 11) is 0. The summed E-state index contributed by atoms with van der Waals surface area (Å²) in [6.45, 7) is 5.15. The van der Waals surface area contributed by atoms with Gasteiger partial charge in [-0.25, -0.2) is 0 Å². The molecule has 0 saturated heterocycles. The first-order valence-electron chi connectivity index (χ1n) is 10.9. The molecule has 31 heavy (non-hydrogen) atoms. The van der Waals surface area contributed by atoms with E-state index >= 15 is 0 Å². The van der Waals surface area contributed by atoms with Gasteiger partial charge in [0.05, 0.1) is 0 Å². The van der Waals surface area contributed by atoms with Crippen LogP contribution in [-0.4, -0.2) is 36.4 Å². The molecule has 3 aromatic rings. The number of hydrogen-bond donors (Lipinski definition) is 1. The SMILES string of the molecule is CCN(CC)C(=O)c1ccc(NC(=O)COc2ccc3oc4c(c3c2)CCCC4)cc1. The zero-order valence-electron chi connectivity index (χ0n) is 18.1. The van der Waals surface area contributed by atoms with Gasteiger partial charge in [-0.1, -0.05) is 0 Å². The van der Waals surface area contributed by atoms with Gasteiger partial charge in [0.2, 0.25) is 0 Å². The number of rotatable bonds is 7. The fourth-order valence-corrected chi connectivity index (χ4v) is 4.07. The van der Waals surface area contributed by atoms with E-state index in [1.54, 1.807) is 29.2 Å². The minimum Gasteiger partial charge on any atom is -0.484 e. The largest absolute Gasteiger partial charge is 0.484 e. The monoisotopic (exact) mass is 420 g/mol. The van der Waals surface area contributed by atoms with Gasteiger partial charge in [0.1, 0.15) is 17.1 Å². The minimum atomic E-state index is -0.253. The number of anilines is 1. The van der Waals surface area contributed by atoms with Gasteiger partial charge in [0.25, 0.3) is 11.8 Å². The van der Waals surface area contributed by atoms with Gasteiger partial charge >= 0.3 is 0 Å². The molecule has 0 radical (unpaired) electrons. The average Bonchev–Trinajstić information content (AvgIpc) is 3.17. The molecule has 0 saturated carbocycles. The quantitative estimate of drug-likeness (QED) is 0.595. The van der Waals surface area contributed by atoms with Crippen LogP contribution in [0.1, 0.15) is 48.4 Å². The van der Waals surface area contributed by atoms with E-state index in [1.807, 2.05) is 32.0 Å². The molecule has 2 aromatic carbocycles. The van der Waals surface area contributed by atoms with Crippen LogP contribution < -0.4 is 10.1 Å². The van der Waals surface area contributed by atoms with E-state index in [9.17, 15) is 9.59 Å². The van der Waals surface area contributed by atoms with Crippen molar-refractivity contribution in [3.63, 3.8) is 0 Å². The van der Waals surface area contributed by atoms with Crippen molar-refractivity contribution < 1.29 is 18.7 Å². The van der Waals surface area contributed by atoms with Crippen molar-refractivity contribution in [1.82, 2.24) is 4.90 Å². The van der Waals surface area contributed by atoms with Crippen LogP contribution in [-0.2, 0) is 17.6 Å². The molecule has 0 fully saturated rings. The molecule has 1 N–H and O–H groups in total. The van der Waals surface area contributed by atoms with E-state index in [0.29, 0.717) is 30.1 Å². The van der Waals surface area contributed by atoms with Crippen molar-refractivity contribution >= 4 is 28.5 Å². The number of furan rings is 1. The number of nitrogens with one attached hydrogen (secondary N) is 1. The number of carbonyl (C=O) groups is 2. The first kappa shape index (κ1) is 21.0. The first-order chi connectivity index (χ1) is 15.1. The van der Waals surface area contributed by atoms with Crippen molar-refractivity contribution in [3.8, 4) is 5.75 Å². The van der Waals surface area contributed by atoms with Crippen LogP contribution in [0.4, 0.5) is 5.69 Å². The van der Waals surface area contributed by atoms with Crippen LogP contribution in [0.3, 0.4) is 0 Å². The maximum atomic E-state index is 12.4. The number of aryl methyl sites for hydroxylation is 2. The predicted octanol–water partition coefficient (Wildman–Crippen LogP) is 4.81. The van der Waals surface area contributed by atoms with Crippen LogP contribution in [0.25, 0.3) is 11.0 Å². The summed E-state index contributed by atoms with van der Waals surface area (Å²) >= 11 is 0. The normalized spacial score (nSPS) is 13.0. The van der Waals surface area contributed by atoms with E-state index in [4.69, 9.17) is 9.15 Å². The smallest absolute Gasteiger partial charge is 0.262 e. The Hall–Kier alpha value is -3.28. The van der Waals surface area contributed by atoms with Crippen molar-refractivity contribution in [3.05, 3.63) is 59.4 Å². The number of nitrogens with zero attached hydrogens (tertiary/aromatic N) is 1. The lowest BCUT2D eigenvalue weighted by Gasteiger charge is -2.18. The molecule has 1 aliphatic rings. The number of ether oxygens (including phenoxy) is 1. The van der Waals surface area contributed by atoms with Gasteiger partial charge in [-0.05, 0) is 75.6 Å². The Bertz CT molecular complexity index is 1080. The third-order valence-corrected chi connectivity index (χ3v) is 5.76. The lowest BCUT2D eigenvalue weighted by Crippen LogP contribution is -2.30. The Balaban J connectivity index is 1.35. The molecule has 6 nitrogen and oxygen atoms in total. The molecular formula is C25H28N2O4. The van der Waals surface area contributed by atoms with E-state index < -0.39 is 0 Å². The molecule has 4 rings (SSSR count). The van der Waals surface area contributed by atoms with Gasteiger partial charge in [-0.3, -0.25) is 9.59 Å². The number of fused-ring (bicyclic) bond motifs is 3. The molecule has 6 heteroatoms. The van der Waals surface area contributed by atoms with E-state index in [2.05, 4.69) is 5.32 Å². The molecule has 1 aliphatic carbocycles. The van der Waals surface area contributed by atoms with Crippen LogP contribution in [0.15, 0.2) is 46.9 Å². The predicted molar refractivity (Wildman–Crippen MR) is 121 cm³/mol. The highest BCUT2D eigenvalue weighted by Gasteiger charge is 2.18. The zero-order valence-corrected chi connectivity index (χ0v) is 18.1. The molecule has 0 atom stereocenters. The summed E-state index contributed by atoms with van der Waals surface area (Å²) in [5, 5.41) is 3.89. The molecule has 2 amide bonds. The first-order valence-corrected chi connectivity index (χ1v) is 10.9. The number of amides is 2. The number of benzene rings is 2. The molecule has 1 heterocycles. The van der Waals surface area contributed by atoms with Gasteiger partial charge in [-0.2, -0.15) is 0 Å². The van der Waals surface area contributed by atoms with Crippen molar-refractivity contribution in [2.75, 3.05) is 25.0 Å². The average molecular weight is 421 g/mol. The van der Waals surface area contributed by atoms with Gasteiger partial charge in [0.15, 0.2) is 6.61 Å². The second-order valence-electron chi connectivity index (χ2n) is 7.76. The summed E-state index contributed by atoms with van der Waals surface area (Å²) in [6, 6.07) is 12.6. The van der Waals surface area contributed by atoms with E-state index in [1.165, 1.54) is 18.4 Å². The molecule has 0 spiro atoms. The van der Waals surface area contributed by atoms with Gasteiger partial charge in [-0.15, -0.1) is 0 Å². The third kappa shape index (κ3) is 4.58. The second kappa shape index (κ2) is 9.25. The summed E-state index contributed by atoms with van der Waals surface area (Å²) in [5.74, 6) is 1.47. The topological polar surface area (TPSA) is 71.8 Å². The highest BCUT2D eigenvalue weighted by molar-refractivity contribution is 5.96. The Kier molecular flexibility index (Phi) is 6.26. The van der Waals surface area contributed by atoms with Crippen molar-refractivity contribution in [1.29, 1.82) is 0 Å². The van der Waals surface area contributed by atoms with Gasteiger partial charge < -0.3 is 19.4 Å². The van der Waals surface area contributed by atoms with Crippen LogP contribution in [0.2, 0.25) is 0 Å². The number of hydrogen-bond acceptors (Lipinski definition) is 4. The highest BCUT2D eigenvalue weighted by Crippen LogP contribution is 2.33. The van der Waals surface area contributed by atoms with E-state index in [-0.39, 0.29) is 18.4 Å². The Morgan fingerprint density at radius 3 is 2.52 bits per heavy atom. The molecule has 0 aliphatic heterocycles. The van der Waals surface area contributed by atoms with Gasteiger partial charge in [0, 0.05) is 41.7 Å². The highest BCUT2D eigenvalue weighted by atomic mass is 16.5. The molecule has 162 valence electrons. The summed E-state index contributed by atoms with van der Waals surface area (Å²) < 4.78 is 11.7. The minimum absolute atomic E-state index is 0.0111. The Morgan fingerprint density at radius 2 is 1.77 bits per heavy atom. The van der Waals surface area contributed by atoms with E-state index in [0.717, 1.165) is 29.6 Å². The lowest BCUT2D eigenvalue weighted by atomic mass is 9.96. The molecule has 1 aromatic heterocycles. The summed E-state index contributed by atoms with van der Waals surface area (Å²) in [6.07, 6.45) is 4.36. The molecular weight excluding hydrogens is 392 g/mol. The third-order valence-electron chi connectivity index (χ3n) is 5.76. The maximum absolute atomic E-state index is 12.4. The maximum Gasteiger partial charge on any atom is 0.262 e. The Morgan fingerprint density at radius 1 is 1.03 bits per heavy atom. The molecule has 0 bridgehead atoms. The molecule has 0 unspecified atom stereocenters. The number of carbonyl (C=O) groups excluding carboxylic acids is 2. The van der Waals surface area contributed by atoms with Crippen LogP contribution in [0.5, 0.6) is 5.75 Å². The fourth-order valence-electron chi connectivity index (χ4n) is 4.07. The fraction of sp³-hybridized carbons (Fsp3) is 0.360. The lowest BCUT2D eigenvalue weighted by molar-refractivity contribution is -0.118. The van der Waals surface area contributed by atoms with Crippen molar-refractivity contribution in [2.24, 2.45) is 0 Å².